The van der Waals surface area contributed by atoms with Crippen molar-refractivity contribution in [2.24, 2.45) is 0 Å². The van der Waals surface area contributed by atoms with E-state index in [1.807, 2.05) is 0 Å². The van der Waals surface area contributed by atoms with Crippen LogP contribution in [0.15, 0.2) is 0 Å². The van der Waals surface area contributed by atoms with Crippen LogP contribution in [0.1, 0.15) is 193 Å². The topological polar surface area (TPSA) is 46.5 Å². The van der Waals surface area contributed by atoms with Crippen LogP contribution in [-0.4, -0.2) is 24.3 Å². The van der Waals surface area contributed by atoms with Crippen LogP contribution in [0.4, 0.5) is 0 Å². The minimum atomic E-state index is -0.656. The Hall–Kier alpha value is -0.570. The predicted molar refractivity (Wildman–Crippen MR) is 158 cm³/mol. The molecule has 0 atom stereocenters. The minimum Gasteiger partial charge on any atom is -0.481 e. The van der Waals surface area contributed by atoms with Gasteiger partial charge in [0.25, 0.3) is 0 Å². The van der Waals surface area contributed by atoms with Gasteiger partial charge in [0.15, 0.2) is 0 Å². The van der Waals surface area contributed by atoms with Gasteiger partial charge in [-0.15, -0.1) is 0 Å². The highest BCUT2D eigenvalue weighted by Gasteiger charge is 1.98. The summed E-state index contributed by atoms with van der Waals surface area (Å²) >= 11 is 0. The van der Waals surface area contributed by atoms with E-state index in [0.717, 1.165) is 26.1 Å². The van der Waals surface area contributed by atoms with Gasteiger partial charge < -0.3 is 9.84 Å². The summed E-state index contributed by atoms with van der Waals surface area (Å²) in [5.74, 6) is -0.656. The highest BCUT2D eigenvalue weighted by molar-refractivity contribution is 5.66. The van der Waals surface area contributed by atoms with E-state index in [1.54, 1.807) is 0 Å². The Labute approximate surface area is 226 Å². The van der Waals surface area contributed by atoms with Gasteiger partial charge in [-0.25, -0.2) is 0 Å². The highest BCUT2D eigenvalue weighted by Crippen LogP contribution is 2.14. The number of carbonyl (C=O) groups is 1. The number of unbranched alkanes of at least 4 members (excludes halogenated alkanes) is 26. The molecule has 0 bridgehead atoms. The van der Waals surface area contributed by atoms with Crippen LogP contribution in [0.25, 0.3) is 0 Å². The number of carboxylic acid groups (broad SMARTS) is 1. The summed E-state index contributed by atoms with van der Waals surface area (Å²) in [5, 5.41) is 8.62. The third-order valence-corrected chi connectivity index (χ3v) is 7.57. The number of rotatable bonds is 32. The van der Waals surface area contributed by atoms with Crippen molar-refractivity contribution in [2.75, 3.05) is 13.2 Å². The number of aliphatic carboxylic acids is 1. The number of carboxylic acids is 1. The first kappa shape index (κ1) is 35.4. The average molecular weight is 511 g/mol. The molecule has 1 N–H and O–H groups in total. The lowest BCUT2D eigenvalue weighted by molar-refractivity contribution is -0.137. The zero-order chi connectivity index (χ0) is 26.2. The van der Waals surface area contributed by atoms with Gasteiger partial charge in [-0.3, -0.25) is 4.79 Å². The molecule has 0 rings (SSSR count). The smallest absolute Gasteiger partial charge is 0.303 e. The van der Waals surface area contributed by atoms with E-state index in [4.69, 9.17) is 9.84 Å². The van der Waals surface area contributed by atoms with Gasteiger partial charge in [0.1, 0.15) is 0 Å². The maximum atomic E-state index is 10.5. The predicted octanol–water partition coefficient (Wildman–Crippen LogP) is 11.4. The van der Waals surface area contributed by atoms with Crippen LogP contribution < -0.4 is 0 Å². The molecule has 0 aliphatic rings. The summed E-state index contributed by atoms with van der Waals surface area (Å²) in [7, 11) is 0. The summed E-state index contributed by atoms with van der Waals surface area (Å²) in [4.78, 5) is 10.5. The van der Waals surface area contributed by atoms with Gasteiger partial charge in [-0.2, -0.15) is 0 Å². The number of ether oxygens (including phenoxy) is 1. The molecule has 0 aliphatic carbocycles. The molecule has 0 fully saturated rings. The maximum Gasteiger partial charge on any atom is 0.303 e. The van der Waals surface area contributed by atoms with E-state index in [2.05, 4.69) is 6.92 Å². The minimum absolute atomic E-state index is 0.338. The largest absolute Gasteiger partial charge is 0.481 e. The molecule has 0 spiro atoms. The molecule has 0 unspecified atom stereocenters. The molecular weight excluding hydrogens is 444 g/mol. The second-order valence-corrected chi connectivity index (χ2v) is 11.3. The second kappa shape index (κ2) is 32.5. The lowest BCUT2D eigenvalue weighted by atomic mass is 10.0. The maximum absolute atomic E-state index is 10.5. The Morgan fingerprint density at radius 3 is 0.944 bits per heavy atom. The van der Waals surface area contributed by atoms with Gasteiger partial charge in [-0.1, -0.05) is 167 Å². The van der Waals surface area contributed by atoms with E-state index in [0.29, 0.717) is 6.42 Å². The lowest BCUT2D eigenvalue weighted by Gasteiger charge is -2.05. The van der Waals surface area contributed by atoms with E-state index in [9.17, 15) is 4.79 Å². The molecule has 216 valence electrons. The SMILES string of the molecule is CCCCCCCCCCCCCCCCCCOCCCCCCCCCCCCCCC(=O)O. The second-order valence-electron chi connectivity index (χ2n) is 11.3. The quantitative estimate of drug-likeness (QED) is 0.0915. The molecule has 0 saturated heterocycles. The molecule has 36 heavy (non-hydrogen) atoms. The zero-order valence-corrected chi connectivity index (χ0v) is 24.7. The summed E-state index contributed by atoms with van der Waals surface area (Å²) in [5.41, 5.74) is 0. The van der Waals surface area contributed by atoms with Crippen LogP contribution in [0, 0.1) is 0 Å². The normalized spacial score (nSPS) is 11.4. The van der Waals surface area contributed by atoms with Crippen molar-refractivity contribution in [1.29, 1.82) is 0 Å². The Morgan fingerprint density at radius 1 is 0.417 bits per heavy atom. The van der Waals surface area contributed by atoms with E-state index in [1.165, 1.54) is 167 Å². The Kier molecular flexibility index (Phi) is 31.9. The first-order valence-corrected chi connectivity index (χ1v) is 16.6. The summed E-state index contributed by atoms with van der Waals surface area (Å²) < 4.78 is 5.83. The zero-order valence-electron chi connectivity index (χ0n) is 24.7. The van der Waals surface area contributed by atoms with Gasteiger partial charge in [0, 0.05) is 19.6 Å². The Bertz CT molecular complexity index is 410. The van der Waals surface area contributed by atoms with Crippen molar-refractivity contribution in [1.82, 2.24) is 0 Å². The standard InChI is InChI=1S/C33H66O3/c1-2-3-4-5-6-7-8-9-10-11-13-16-19-22-25-28-31-36-32-29-26-23-20-17-14-12-15-18-21-24-27-30-33(34)35/h2-32H2,1H3,(H,34,35). The molecule has 0 aliphatic heterocycles. The van der Waals surface area contributed by atoms with E-state index >= 15 is 0 Å². The van der Waals surface area contributed by atoms with E-state index < -0.39 is 5.97 Å². The third-order valence-electron chi connectivity index (χ3n) is 7.57. The molecule has 0 aromatic carbocycles. The molecule has 3 nitrogen and oxygen atoms in total. The summed E-state index contributed by atoms with van der Waals surface area (Å²) in [6, 6.07) is 0. The van der Waals surface area contributed by atoms with Crippen molar-refractivity contribution in [2.45, 2.75) is 193 Å². The van der Waals surface area contributed by atoms with Gasteiger partial charge in [0.05, 0.1) is 0 Å². The Morgan fingerprint density at radius 2 is 0.667 bits per heavy atom. The fourth-order valence-corrected chi connectivity index (χ4v) is 5.10. The summed E-state index contributed by atoms with van der Waals surface area (Å²) in [6.45, 7) is 4.22. The molecule has 0 saturated carbocycles. The molecule has 0 heterocycles. The van der Waals surface area contributed by atoms with Crippen molar-refractivity contribution in [3.05, 3.63) is 0 Å². The van der Waals surface area contributed by atoms with Crippen LogP contribution in [-0.2, 0) is 9.53 Å². The lowest BCUT2D eigenvalue weighted by Crippen LogP contribution is -1.97. The molecule has 0 aromatic rings. The van der Waals surface area contributed by atoms with E-state index in [-0.39, 0.29) is 0 Å². The highest BCUT2D eigenvalue weighted by atomic mass is 16.5. The first-order chi connectivity index (χ1) is 17.8. The van der Waals surface area contributed by atoms with Crippen LogP contribution in [0.3, 0.4) is 0 Å². The number of hydrogen-bond acceptors (Lipinski definition) is 2. The average Bonchev–Trinajstić information content (AvgIpc) is 2.87. The monoisotopic (exact) mass is 511 g/mol. The van der Waals surface area contributed by atoms with Crippen LogP contribution >= 0.6 is 0 Å². The van der Waals surface area contributed by atoms with Crippen molar-refractivity contribution >= 4 is 5.97 Å². The fraction of sp³-hybridized carbons (Fsp3) is 0.970. The first-order valence-electron chi connectivity index (χ1n) is 16.6. The summed E-state index contributed by atoms with van der Waals surface area (Å²) in [6.07, 6.45) is 38.2. The van der Waals surface area contributed by atoms with Crippen molar-refractivity contribution in [3.8, 4) is 0 Å². The van der Waals surface area contributed by atoms with Gasteiger partial charge >= 0.3 is 5.97 Å². The van der Waals surface area contributed by atoms with Crippen molar-refractivity contribution < 1.29 is 14.6 Å². The van der Waals surface area contributed by atoms with Gasteiger partial charge in [0.2, 0.25) is 0 Å². The molecule has 3 heteroatoms. The Balaban J connectivity index is 3.02. The van der Waals surface area contributed by atoms with Crippen LogP contribution in [0.2, 0.25) is 0 Å². The fourth-order valence-electron chi connectivity index (χ4n) is 5.10. The molecular formula is C33H66O3. The molecule has 0 radical (unpaired) electrons. The third kappa shape index (κ3) is 33.4. The van der Waals surface area contributed by atoms with Gasteiger partial charge in [-0.05, 0) is 19.3 Å². The van der Waals surface area contributed by atoms with Crippen molar-refractivity contribution in [3.63, 3.8) is 0 Å². The molecule has 0 aromatic heterocycles. The van der Waals surface area contributed by atoms with Crippen LogP contribution in [0.5, 0.6) is 0 Å². The number of hydrogen-bond donors (Lipinski definition) is 1. The molecule has 0 amide bonds.